The molecule has 0 fully saturated rings. The first kappa shape index (κ1) is 20.9. The van der Waals surface area contributed by atoms with Crippen molar-refractivity contribution in [3.8, 4) is 10.8 Å². The summed E-state index contributed by atoms with van der Waals surface area (Å²) in [6, 6.07) is 6.85. The molecule has 1 N–H and O–H groups in total. The highest BCUT2D eigenvalue weighted by Gasteiger charge is 2.32. The van der Waals surface area contributed by atoms with Crippen molar-refractivity contribution < 1.29 is 18.0 Å². The third-order valence-electron chi connectivity index (χ3n) is 4.42. The summed E-state index contributed by atoms with van der Waals surface area (Å²) < 4.78 is 39.0. The lowest BCUT2D eigenvalue weighted by molar-refractivity contribution is -0.137. The average Bonchev–Trinajstić information content (AvgIpc) is 3.08. The van der Waals surface area contributed by atoms with Gasteiger partial charge in [-0.3, -0.25) is 4.79 Å². The number of aromatic nitrogens is 3. The Morgan fingerprint density at radius 1 is 1.10 bits per heavy atom. The van der Waals surface area contributed by atoms with Gasteiger partial charge in [-0.1, -0.05) is 32.0 Å². The van der Waals surface area contributed by atoms with Crippen LogP contribution in [-0.2, 0) is 11.6 Å². The Hall–Kier alpha value is -2.81. The van der Waals surface area contributed by atoms with Crippen LogP contribution in [0, 0.1) is 6.92 Å². The number of benzene rings is 1. The van der Waals surface area contributed by atoms with Gasteiger partial charge in [0.05, 0.1) is 11.3 Å². The molecule has 0 spiro atoms. The molecule has 0 aliphatic carbocycles. The van der Waals surface area contributed by atoms with Crippen LogP contribution < -0.4 is 5.32 Å². The van der Waals surface area contributed by atoms with Crippen LogP contribution in [0.25, 0.3) is 10.8 Å². The van der Waals surface area contributed by atoms with Gasteiger partial charge in [0.1, 0.15) is 4.88 Å². The van der Waals surface area contributed by atoms with Gasteiger partial charge in [-0.05, 0) is 24.6 Å². The van der Waals surface area contributed by atoms with Gasteiger partial charge in [0.15, 0.2) is 10.8 Å². The highest BCUT2D eigenvalue weighted by molar-refractivity contribution is 7.17. The molecule has 0 atom stereocenters. The monoisotopic (exact) mass is 420 g/mol. The van der Waals surface area contributed by atoms with Gasteiger partial charge in [0.25, 0.3) is 5.91 Å². The zero-order valence-corrected chi connectivity index (χ0v) is 16.9. The molecule has 2 heterocycles. The number of aryl methyl sites for hydroxylation is 1. The average molecular weight is 420 g/mol. The van der Waals surface area contributed by atoms with Crippen LogP contribution in [0.3, 0.4) is 0 Å². The van der Waals surface area contributed by atoms with Crippen molar-refractivity contribution in [3.63, 3.8) is 0 Å². The number of thiazole rings is 1. The van der Waals surface area contributed by atoms with Crippen LogP contribution in [0.5, 0.6) is 0 Å². The first-order valence-electron chi connectivity index (χ1n) is 8.79. The number of amides is 1. The van der Waals surface area contributed by atoms with Crippen molar-refractivity contribution in [1.82, 2.24) is 20.3 Å². The standard InChI is InChI=1S/C20H19F3N4OS/c1-12-15(29-18(27-12)16-24-8-5-9-25-16)17(28)26-11-19(2,3)13-6-4-7-14(10-13)20(21,22)23/h4-10H,11H2,1-3H3,(H,26,28). The number of nitrogens with zero attached hydrogens (tertiary/aromatic N) is 3. The molecule has 3 aromatic rings. The largest absolute Gasteiger partial charge is 0.416 e. The molecule has 0 aliphatic rings. The maximum atomic E-state index is 13.0. The first-order chi connectivity index (χ1) is 13.6. The summed E-state index contributed by atoms with van der Waals surface area (Å²) in [6.45, 7) is 5.45. The minimum atomic E-state index is -4.41. The molecule has 9 heteroatoms. The molecule has 0 radical (unpaired) electrons. The second kappa shape index (κ2) is 7.90. The predicted molar refractivity (Wildman–Crippen MR) is 105 cm³/mol. The van der Waals surface area contributed by atoms with E-state index in [1.165, 1.54) is 17.4 Å². The van der Waals surface area contributed by atoms with Crippen molar-refractivity contribution in [3.05, 3.63) is 64.4 Å². The Kier molecular flexibility index (Phi) is 5.70. The first-order valence-corrected chi connectivity index (χ1v) is 9.60. The Morgan fingerprint density at radius 3 is 2.41 bits per heavy atom. The quantitative estimate of drug-likeness (QED) is 0.653. The van der Waals surface area contributed by atoms with Crippen LogP contribution in [0.1, 0.15) is 40.3 Å². The van der Waals surface area contributed by atoms with Gasteiger partial charge in [-0.25, -0.2) is 15.0 Å². The summed E-state index contributed by atoms with van der Waals surface area (Å²) in [5.74, 6) is 0.103. The molecule has 2 aromatic heterocycles. The lowest BCUT2D eigenvalue weighted by Crippen LogP contribution is -2.36. The highest BCUT2D eigenvalue weighted by Crippen LogP contribution is 2.33. The smallest absolute Gasteiger partial charge is 0.350 e. The molecule has 0 saturated heterocycles. The van der Waals surface area contributed by atoms with E-state index in [-0.39, 0.29) is 12.5 Å². The molecule has 152 valence electrons. The van der Waals surface area contributed by atoms with E-state index in [1.54, 1.807) is 45.3 Å². The minimum absolute atomic E-state index is 0.168. The van der Waals surface area contributed by atoms with E-state index in [1.807, 2.05) is 0 Å². The summed E-state index contributed by atoms with van der Waals surface area (Å²) in [6.07, 6.45) is -1.22. The van der Waals surface area contributed by atoms with Crippen LogP contribution in [0.2, 0.25) is 0 Å². The van der Waals surface area contributed by atoms with Gasteiger partial charge in [0, 0.05) is 24.4 Å². The van der Waals surface area contributed by atoms with Crippen molar-refractivity contribution in [2.24, 2.45) is 0 Å². The normalized spacial score (nSPS) is 12.1. The Balaban J connectivity index is 1.74. The van der Waals surface area contributed by atoms with E-state index in [0.717, 1.165) is 12.1 Å². The number of hydrogen-bond acceptors (Lipinski definition) is 5. The minimum Gasteiger partial charge on any atom is -0.350 e. The maximum absolute atomic E-state index is 13.0. The fourth-order valence-corrected chi connectivity index (χ4v) is 3.64. The topological polar surface area (TPSA) is 67.8 Å². The summed E-state index contributed by atoms with van der Waals surface area (Å²) >= 11 is 1.18. The van der Waals surface area contributed by atoms with Crippen LogP contribution in [0.15, 0.2) is 42.7 Å². The summed E-state index contributed by atoms with van der Waals surface area (Å²) in [5.41, 5.74) is -0.361. The third-order valence-corrected chi connectivity index (χ3v) is 5.57. The van der Waals surface area contributed by atoms with E-state index in [0.29, 0.717) is 27.0 Å². The molecule has 29 heavy (non-hydrogen) atoms. The number of hydrogen-bond donors (Lipinski definition) is 1. The zero-order chi connectivity index (χ0) is 21.2. The third kappa shape index (κ3) is 4.79. The SMILES string of the molecule is Cc1nc(-c2ncccn2)sc1C(=O)NCC(C)(C)c1cccc(C(F)(F)F)c1. The predicted octanol–water partition coefficient (Wildman–Crippen LogP) is 4.63. The summed E-state index contributed by atoms with van der Waals surface area (Å²) in [7, 11) is 0. The van der Waals surface area contributed by atoms with Crippen LogP contribution in [-0.4, -0.2) is 27.4 Å². The lowest BCUT2D eigenvalue weighted by atomic mass is 9.83. The maximum Gasteiger partial charge on any atom is 0.416 e. The number of nitrogens with one attached hydrogen (secondary N) is 1. The molecular weight excluding hydrogens is 401 g/mol. The Morgan fingerprint density at radius 2 is 1.76 bits per heavy atom. The Labute approximate surface area is 170 Å². The van der Waals surface area contributed by atoms with E-state index in [2.05, 4.69) is 20.3 Å². The van der Waals surface area contributed by atoms with Crippen LogP contribution >= 0.6 is 11.3 Å². The molecule has 0 aliphatic heterocycles. The number of carbonyl (C=O) groups excluding carboxylic acids is 1. The summed E-state index contributed by atoms with van der Waals surface area (Å²) in [5, 5.41) is 3.34. The van der Waals surface area contributed by atoms with Crippen molar-refractivity contribution in [1.29, 1.82) is 0 Å². The van der Waals surface area contributed by atoms with Gasteiger partial charge in [0.2, 0.25) is 0 Å². The van der Waals surface area contributed by atoms with Gasteiger partial charge in [-0.15, -0.1) is 11.3 Å². The van der Waals surface area contributed by atoms with Crippen molar-refractivity contribution in [2.45, 2.75) is 32.4 Å². The molecular formula is C20H19F3N4OS. The number of halogens is 3. The zero-order valence-electron chi connectivity index (χ0n) is 16.0. The van der Waals surface area contributed by atoms with E-state index in [4.69, 9.17) is 0 Å². The Bertz CT molecular complexity index is 1020. The van der Waals surface area contributed by atoms with Crippen molar-refractivity contribution in [2.75, 3.05) is 6.54 Å². The molecule has 5 nitrogen and oxygen atoms in total. The molecule has 0 unspecified atom stereocenters. The number of carbonyl (C=O) groups is 1. The molecule has 1 aromatic carbocycles. The molecule has 3 rings (SSSR count). The summed E-state index contributed by atoms with van der Waals surface area (Å²) in [4.78, 5) is 25.7. The fraction of sp³-hybridized carbons (Fsp3) is 0.300. The fourth-order valence-electron chi connectivity index (χ4n) is 2.71. The van der Waals surface area contributed by atoms with E-state index in [9.17, 15) is 18.0 Å². The number of rotatable bonds is 5. The van der Waals surface area contributed by atoms with E-state index < -0.39 is 17.2 Å². The molecule has 0 bridgehead atoms. The highest BCUT2D eigenvalue weighted by atomic mass is 32.1. The second-order valence-electron chi connectivity index (χ2n) is 7.15. The molecule has 1 amide bonds. The van der Waals surface area contributed by atoms with E-state index >= 15 is 0 Å². The lowest BCUT2D eigenvalue weighted by Gasteiger charge is -2.26. The molecule has 0 saturated carbocycles. The number of alkyl halides is 3. The van der Waals surface area contributed by atoms with Crippen molar-refractivity contribution >= 4 is 17.2 Å². The van der Waals surface area contributed by atoms with Gasteiger partial charge in [-0.2, -0.15) is 13.2 Å². The van der Waals surface area contributed by atoms with Gasteiger partial charge >= 0.3 is 6.18 Å². The van der Waals surface area contributed by atoms with Crippen LogP contribution in [0.4, 0.5) is 13.2 Å². The van der Waals surface area contributed by atoms with Gasteiger partial charge < -0.3 is 5.32 Å². The second-order valence-corrected chi connectivity index (χ2v) is 8.15.